The minimum absolute atomic E-state index is 0.00654. The molecule has 0 aromatic carbocycles. The number of allylic oxidation sites excluding steroid dienone is 2. The van der Waals surface area contributed by atoms with E-state index in [2.05, 4.69) is 36.1 Å². The van der Waals surface area contributed by atoms with E-state index in [9.17, 15) is 4.79 Å². The van der Waals surface area contributed by atoms with Gasteiger partial charge in [0, 0.05) is 25.0 Å². The van der Waals surface area contributed by atoms with Gasteiger partial charge in [-0.1, -0.05) is 12.2 Å². The molecule has 5 heteroatoms. The first-order valence-corrected chi connectivity index (χ1v) is 8.09. The van der Waals surface area contributed by atoms with Crippen molar-refractivity contribution in [2.75, 3.05) is 13.1 Å². The first-order valence-electron chi connectivity index (χ1n) is 8.09. The van der Waals surface area contributed by atoms with Gasteiger partial charge in [-0.2, -0.15) is 0 Å². The summed E-state index contributed by atoms with van der Waals surface area (Å²) in [6.45, 7) is 5.87. The summed E-state index contributed by atoms with van der Waals surface area (Å²) in [6.07, 6.45) is 10.0. The molecule has 0 saturated carbocycles. The third-order valence-corrected chi connectivity index (χ3v) is 4.32. The Morgan fingerprint density at radius 1 is 1.29 bits per heavy atom. The molecule has 5 nitrogen and oxygen atoms in total. The molecule has 1 aromatic rings. The zero-order valence-electron chi connectivity index (χ0n) is 13.0. The van der Waals surface area contributed by atoms with Crippen LogP contribution in [0.2, 0.25) is 0 Å². The van der Waals surface area contributed by atoms with E-state index in [0.717, 1.165) is 44.6 Å². The molecular formula is C16H24N4O. The number of aromatic nitrogens is 3. The molecule has 1 amide bonds. The Balaban J connectivity index is 1.90. The molecule has 3 rings (SSSR count). The third-order valence-electron chi connectivity index (χ3n) is 4.32. The van der Waals surface area contributed by atoms with Crippen molar-refractivity contribution in [1.29, 1.82) is 0 Å². The second kappa shape index (κ2) is 6.00. The van der Waals surface area contributed by atoms with Crippen LogP contribution in [0.4, 0.5) is 0 Å². The van der Waals surface area contributed by atoms with Crippen molar-refractivity contribution in [2.24, 2.45) is 0 Å². The van der Waals surface area contributed by atoms with E-state index in [1.165, 1.54) is 6.42 Å². The number of rotatable bonds is 3. The predicted molar refractivity (Wildman–Crippen MR) is 81.3 cm³/mol. The highest BCUT2D eigenvalue weighted by atomic mass is 16.2. The van der Waals surface area contributed by atoms with E-state index in [1.54, 1.807) is 0 Å². The molecule has 2 heterocycles. The van der Waals surface area contributed by atoms with Gasteiger partial charge in [0.05, 0.1) is 0 Å². The Morgan fingerprint density at radius 2 is 2.05 bits per heavy atom. The summed E-state index contributed by atoms with van der Waals surface area (Å²) in [5.74, 6) is 1.62. The molecule has 21 heavy (non-hydrogen) atoms. The van der Waals surface area contributed by atoms with Crippen LogP contribution < -0.4 is 0 Å². The van der Waals surface area contributed by atoms with E-state index in [4.69, 9.17) is 0 Å². The number of amides is 1. The Morgan fingerprint density at radius 3 is 2.67 bits per heavy atom. The summed E-state index contributed by atoms with van der Waals surface area (Å²) in [5.41, 5.74) is 0. The van der Waals surface area contributed by atoms with Crippen molar-refractivity contribution in [2.45, 2.75) is 57.9 Å². The molecule has 1 aliphatic carbocycles. The number of carbonyl (C=O) groups is 1. The Bertz CT molecular complexity index is 540. The van der Waals surface area contributed by atoms with E-state index < -0.39 is 0 Å². The van der Waals surface area contributed by atoms with Gasteiger partial charge in [-0.25, -0.2) is 9.67 Å². The van der Waals surface area contributed by atoms with Gasteiger partial charge < -0.3 is 4.90 Å². The molecule has 0 bridgehead atoms. The molecule has 1 atom stereocenters. The topological polar surface area (TPSA) is 51.0 Å². The zero-order valence-corrected chi connectivity index (χ0v) is 13.0. The number of hydrogen-bond donors (Lipinski definition) is 0. The number of likely N-dealkylation sites (tertiary alicyclic amines) is 1. The Hall–Kier alpha value is -1.65. The fourth-order valence-electron chi connectivity index (χ4n) is 3.15. The second-order valence-electron chi connectivity index (χ2n) is 6.30. The molecule has 0 N–H and O–H groups in total. The summed E-state index contributed by atoms with van der Waals surface area (Å²) < 4.78 is 1.93. The van der Waals surface area contributed by atoms with Crippen molar-refractivity contribution in [3.63, 3.8) is 0 Å². The van der Waals surface area contributed by atoms with E-state index >= 15 is 0 Å². The average molecular weight is 288 g/mol. The van der Waals surface area contributed by atoms with E-state index in [0.29, 0.717) is 11.7 Å². The summed E-state index contributed by atoms with van der Waals surface area (Å²) in [6, 6.07) is 0.225. The maximum absolute atomic E-state index is 12.5. The monoisotopic (exact) mass is 288 g/mol. The summed E-state index contributed by atoms with van der Waals surface area (Å²) in [5, 5.41) is 4.51. The molecule has 2 aliphatic rings. The van der Waals surface area contributed by atoms with Crippen LogP contribution in [0, 0.1) is 0 Å². The van der Waals surface area contributed by atoms with Crippen molar-refractivity contribution >= 4 is 5.91 Å². The number of nitrogens with zero attached hydrogens (tertiary/aromatic N) is 4. The summed E-state index contributed by atoms with van der Waals surface area (Å²) in [4.78, 5) is 19.0. The normalized spacial score (nSPS) is 22.2. The molecule has 1 unspecified atom stereocenters. The molecule has 114 valence electrons. The van der Waals surface area contributed by atoms with Gasteiger partial charge in [-0.15, -0.1) is 5.10 Å². The fourth-order valence-corrected chi connectivity index (χ4v) is 3.15. The van der Waals surface area contributed by atoms with E-state index in [1.807, 2.05) is 9.58 Å². The minimum atomic E-state index is -0.00654. The van der Waals surface area contributed by atoms with Gasteiger partial charge in [0.15, 0.2) is 0 Å². The quantitative estimate of drug-likeness (QED) is 0.804. The average Bonchev–Trinajstić information content (AvgIpc) is 3.17. The SMILES string of the molecule is CC(C)n1nc(C(=O)N2CCCC2)nc1C1C=CCCC1. The van der Waals surface area contributed by atoms with Crippen LogP contribution in [0.25, 0.3) is 0 Å². The molecular weight excluding hydrogens is 264 g/mol. The minimum Gasteiger partial charge on any atom is -0.336 e. The molecule has 1 aliphatic heterocycles. The summed E-state index contributed by atoms with van der Waals surface area (Å²) >= 11 is 0. The van der Waals surface area contributed by atoms with Crippen molar-refractivity contribution < 1.29 is 4.79 Å². The second-order valence-corrected chi connectivity index (χ2v) is 6.30. The van der Waals surface area contributed by atoms with Gasteiger partial charge >= 0.3 is 0 Å². The molecule has 1 aromatic heterocycles. The van der Waals surface area contributed by atoms with Crippen LogP contribution in [-0.2, 0) is 0 Å². The number of hydrogen-bond acceptors (Lipinski definition) is 3. The third kappa shape index (κ3) is 2.87. The highest BCUT2D eigenvalue weighted by Gasteiger charge is 2.27. The molecule has 1 saturated heterocycles. The highest BCUT2D eigenvalue weighted by Crippen LogP contribution is 2.28. The molecule has 0 radical (unpaired) electrons. The van der Waals surface area contributed by atoms with E-state index in [-0.39, 0.29) is 11.9 Å². The standard InChI is InChI=1S/C16H24N4O/c1-12(2)20-15(13-8-4-3-5-9-13)17-14(18-20)16(21)19-10-6-7-11-19/h4,8,12-13H,3,5-7,9-11H2,1-2H3. The van der Waals surface area contributed by atoms with Gasteiger partial charge in [-0.05, 0) is 46.0 Å². The van der Waals surface area contributed by atoms with Gasteiger partial charge in [-0.3, -0.25) is 4.79 Å². The van der Waals surface area contributed by atoms with Gasteiger partial charge in [0.1, 0.15) is 5.82 Å². The van der Waals surface area contributed by atoms with Crippen LogP contribution >= 0.6 is 0 Å². The first kappa shape index (κ1) is 14.3. The zero-order chi connectivity index (χ0) is 14.8. The van der Waals surface area contributed by atoms with Crippen LogP contribution in [0.1, 0.15) is 74.4 Å². The lowest BCUT2D eigenvalue weighted by Crippen LogP contribution is -2.28. The lowest BCUT2D eigenvalue weighted by atomic mass is 9.95. The Kier molecular flexibility index (Phi) is 4.08. The van der Waals surface area contributed by atoms with Crippen LogP contribution in [0.15, 0.2) is 12.2 Å². The first-order chi connectivity index (χ1) is 10.2. The van der Waals surface area contributed by atoms with Gasteiger partial charge in [0.2, 0.25) is 5.82 Å². The largest absolute Gasteiger partial charge is 0.336 e. The molecule has 1 fully saturated rings. The van der Waals surface area contributed by atoms with Crippen LogP contribution in [0.3, 0.4) is 0 Å². The maximum Gasteiger partial charge on any atom is 0.293 e. The van der Waals surface area contributed by atoms with Crippen molar-refractivity contribution in [3.8, 4) is 0 Å². The lowest BCUT2D eigenvalue weighted by molar-refractivity contribution is 0.0780. The molecule has 0 spiro atoms. The van der Waals surface area contributed by atoms with Crippen LogP contribution in [0.5, 0.6) is 0 Å². The Labute approximate surface area is 126 Å². The van der Waals surface area contributed by atoms with Crippen LogP contribution in [-0.4, -0.2) is 38.7 Å². The number of carbonyl (C=O) groups excluding carboxylic acids is 1. The van der Waals surface area contributed by atoms with Gasteiger partial charge in [0.25, 0.3) is 5.91 Å². The smallest absolute Gasteiger partial charge is 0.293 e. The van der Waals surface area contributed by atoms with Crippen molar-refractivity contribution in [1.82, 2.24) is 19.7 Å². The van der Waals surface area contributed by atoms with Crippen molar-refractivity contribution in [3.05, 3.63) is 23.8 Å². The highest BCUT2D eigenvalue weighted by molar-refractivity contribution is 5.90. The fraction of sp³-hybridized carbons (Fsp3) is 0.688. The maximum atomic E-state index is 12.5. The summed E-state index contributed by atoms with van der Waals surface area (Å²) in [7, 11) is 0. The lowest BCUT2D eigenvalue weighted by Gasteiger charge is -2.17. The predicted octanol–water partition coefficient (Wildman–Crippen LogP) is 2.92.